The molecule has 2 atom stereocenters. The van der Waals surface area contributed by atoms with Gasteiger partial charge in [-0.25, -0.2) is 0 Å². The fourth-order valence-corrected chi connectivity index (χ4v) is 6.16. The van der Waals surface area contributed by atoms with Gasteiger partial charge in [0, 0.05) is 22.3 Å². The molecule has 44 heavy (non-hydrogen) atoms. The van der Waals surface area contributed by atoms with Gasteiger partial charge in [-0.1, -0.05) is 124 Å². The maximum absolute atomic E-state index is 12.6. The third kappa shape index (κ3) is 7.02. The van der Waals surface area contributed by atoms with Gasteiger partial charge < -0.3 is 19.7 Å². The second-order valence-electron chi connectivity index (χ2n) is 13.4. The Morgan fingerprint density at radius 2 is 0.886 bits per heavy atom. The van der Waals surface area contributed by atoms with Crippen LogP contribution in [-0.2, 0) is 24.4 Å². The zero-order valence-electron chi connectivity index (χ0n) is 26.4. The lowest BCUT2D eigenvalue weighted by molar-refractivity contribution is 0.0936. The number of ether oxygens (including phenoxy) is 2. The molecule has 0 bridgehead atoms. The summed E-state index contributed by atoms with van der Waals surface area (Å²) in [5.41, 5.74) is 7.41. The second kappa shape index (κ2) is 12.2. The number of hydrogen-bond acceptors (Lipinski definition) is 4. The highest BCUT2D eigenvalue weighted by molar-refractivity contribution is 6.84. The molecule has 0 amide bonds. The largest absolute Gasteiger partial charge is 0.489 e. The van der Waals surface area contributed by atoms with Crippen LogP contribution in [-0.4, -0.2) is 26.4 Å². The van der Waals surface area contributed by atoms with Crippen LogP contribution in [0.25, 0.3) is 0 Å². The second-order valence-corrected chi connectivity index (χ2v) is 22.9. The van der Waals surface area contributed by atoms with Crippen LogP contribution in [0.1, 0.15) is 33.4 Å². The van der Waals surface area contributed by atoms with Gasteiger partial charge in [0.1, 0.15) is 40.9 Å². The molecule has 0 saturated carbocycles. The lowest BCUT2D eigenvalue weighted by Gasteiger charge is -2.40. The van der Waals surface area contributed by atoms with E-state index in [0.717, 1.165) is 11.1 Å². The Balaban J connectivity index is 1.67. The van der Waals surface area contributed by atoms with Gasteiger partial charge in [-0.2, -0.15) is 0 Å². The molecule has 0 spiro atoms. The summed E-state index contributed by atoms with van der Waals surface area (Å²) in [6, 6.07) is 30.8. The van der Waals surface area contributed by atoms with E-state index in [2.05, 4.69) is 62.2 Å². The fraction of sp³-hybridized carbons (Fsp3) is 0.263. The minimum atomic E-state index is -1.90. The smallest absolute Gasteiger partial charge is 0.177 e. The SMILES string of the molecule is C[Si](C)(C)C#C[C@]1(O)c2ccc(OCc3ccccc3)cc2[C@](O)(C#C[Si](C)(C)C)c2ccc(OCc3ccccc3)cc21. The van der Waals surface area contributed by atoms with Crippen LogP contribution < -0.4 is 9.47 Å². The van der Waals surface area contributed by atoms with Crippen molar-refractivity contribution >= 4 is 16.1 Å². The first-order valence-electron chi connectivity index (χ1n) is 14.9. The molecule has 2 N–H and O–H groups in total. The molecule has 0 saturated heterocycles. The molecule has 1 aliphatic carbocycles. The average Bonchev–Trinajstić information content (AvgIpc) is 3.00. The highest BCUT2D eigenvalue weighted by Crippen LogP contribution is 2.49. The first-order chi connectivity index (χ1) is 20.8. The molecule has 0 aliphatic heterocycles. The number of aliphatic hydroxyl groups is 2. The first-order valence-corrected chi connectivity index (χ1v) is 21.9. The van der Waals surface area contributed by atoms with Crippen molar-refractivity contribution in [1.29, 1.82) is 0 Å². The predicted molar refractivity (Wildman–Crippen MR) is 183 cm³/mol. The normalized spacial score (nSPS) is 18.9. The average molecular weight is 617 g/mol. The minimum absolute atomic E-state index is 0.372. The Morgan fingerprint density at radius 3 is 1.23 bits per heavy atom. The van der Waals surface area contributed by atoms with E-state index < -0.39 is 27.3 Å². The van der Waals surface area contributed by atoms with E-state index >= 15 is 0 Å². The van der Waals surface area contributed by atoms with Crippen molar-refractivity contribution in [2.45, 2.75) is 63.7 Å². The topological polar surface area (TPSA) is 58.9 Å². The summed E-state index contributed by atoms with van der Waals surface area (Å²) in [6.07, 6.45) is 0. The summed E-state index contributed by atoms with van der Waals surface area (Å²) in [4.78, 5) is 0. The number of rotatable bonds is 6. The molecular formula is C38H40O4Si2. The van der Waals surface area contributed by atoms with E-state index in [4.69, 9.17) is 9.47 Å². The molecule has 0 fully saturated rings. The molecule has 5 rings (SSSR count). The molecule has 0 aromatic heterocycles. The van der Waals surface area contributed by atoms with Gasteiger partial charge >= 0.3 is 0 Å². The zero-order chi connectivity index (χ0) is 31.6. The van der Waals surface area contributed by atoms with Crippen LogP contribution in [0.5, 0.6) is 11.5 Å². The molecule has 6 heteroatoms. The van der Waals surface area contributed by atoms with Crippen molar-refractivity contribution in [3.63, 3.8) is 0 Å². The number of fused-ring (bicyclic) bond motifs is 2. The lowest BCUT2D eigenvalue weighted by atomic mass is 9.68. The molecule has 4 aromatic carbocycles. The Bertz CT molecular complexity index is 1630. The van der Waals surface area contributed by atoms with Gasteiger partial charge in [0.05, 0.1) is 0 Å². The zero-order valence-corrected chi connectivity index (χ0v) is 28.4. The van der Waals surface area contributed by atoms with Crippen LogP contribution in [0.3, 0.4) is 0 Å². The van der Waals surface area contributed by atoms with Crippen molar-refractivity contribution < 1.29 is 19.7 Å². The van der Waals surface area contributed by atoms with Crippen molar-refractivity contribution in [3.05, 3.63) is 130 Å². The van der Waals surface area contributed by atoms with Gasteiger partial charge in [-0.15, -0.1) is 11.1 Å². The Labute approximate surface area is 263 Å². The third-order valence-corrected chi connectivity index (χ3v) is 9.02. The number of hydrogen-bond donors (Lipinski definition) is 2. The summed E-state index contributed by atoms with van der Waals surface area (Å²) in [6.45, 7) is 13.6. The van der Waals surface area contributed by atoms with Gasteiger partial charge in [0.25, 0.3) is 0 Å². The highest BCUT2D eigenvalue weighted by Gasteiger charge is 2.49. The predicted octanol–water partition coefficient (Wildman–Crippen LogP) is 7.39. The maximum Gasteiger partial charge on any atom is 0.177 e. The van der Waals surface area contributed by atoms with E-state index in [1.54, 1.807) is 12.1 Å². The molecule has 0 unspecified atom stereocenters. The van der Waals surface area contributed by atoms with Crippen LogP contribution in [0.4, 0.5) is 0 Å². The monoisotopic (exact) mass is 616 g/mol. The van der Waals surface area contributed by atoms with Gasteiger partial charge in [0.15, 0.2) is 11.2 Å². The van der Waals surface area contributed by atoms with Crippen LogP contribution in [0, 0.1) is 22.9 Å². The van der Waals surface area contributed by atoms with E-state index in [1.165, 1.54) is 0 Å². The summed E-state index contributed by atoms with van der Waals surface area (Å²) < 4.78 is 12.4. The molecule has 4 aromatic rings. The van der Waals surface area contributed by atoms with Gasteiger partial charge in [0.2, 0.25) is 0 Å². The van der Waals surface area contributed by atoms with Crippen LogP contribution >= 0.6 is 0 Å². The van der Waals surface area contributed by atoms with Crippen molar-refractivity contribution in [2.75, 3.05) is 0 Å². The highest BCUT2D eigenvalue weighted by atomic mass is 28.3. The quantitative estimate of drug-likeness (QED) is 0.175. The van der Waals surface area contributed by atoms with Crippen LogP contribution in [0.15, 0.2) is 97.1 Å². The Morgan fingerprint density at radius 1 is 0.523 bits per heavy atom. The van der Waals surface area contributed by atoms with Gasteiger partial charge in [-0.05, 0) is 35.4 Å². The lowest BCUT2D eigenvalue weighted by Crippen LogP contribution is -2.42. The molecular weight excluding hydrogens is 577 g/mol. The van der Waals surface area contributed by atoms with Crippen molar-refractivity contribution in [2.24, 2.45) is 0 Å². The van der Waals surface area contributed by atoms with Crippen LogP contribution in [0.2, 0.25) is 39.3 Å². The first kappa shape index (κ1) is 31.4. The summed E-state index contributed by atoms with van der Waals surface area (Å²) in [5.74, 6) is 7.67. The standard InChI is InChI=1S/C38H40O4Si2/c1-43(2,3)23-21-37(39)33-19-17-32(42-28-30-15-11-8-12-16-30)26-36(33)38(40,22-24-44(4,5)6)34-20-18-31(25-35(34)37)41-27-29-13-9-7-10-14-29/h7-20,25-26,39-40H,27-28H2,1-6H3/t37-,38-/m0/s1. The summed E-state index contributed by atoms with van der Waals surface area (Å²) in [5, 5.41) is 25.2. The molecule has 224 valence electrons. The summed E-state index contributed by atoms with van der Waals surface area (Å²) in [7, 11) is -3.80. The fourth-order valence-electron chi connectivity index (χ4n) is 5.05. The van der Waals surface area contributed by atoms with E-state index in [1.807, 2.05) is 84.9 Å². The molecule has 0 heterocycles. The number of benzene rings is 4. The summed E-state index contributed by atoms with van der Waals surface area (Å²) >= 11 is 0. The van der Waals surface area contributed by atoms with E-state index in [-0.39, 0.29) is 0 Å². The molecule has 4 nitrogen and oxygen atoms in total. The maximum atomic E-state index is 12.6. The molecule has 0 radical (unpaired) electrons. The molecule has 1 aliphatic rings. The van der Waals surface area contributed by atoms with Gasteiger partial charge in [-0.3, -0.25) is 0 Å². The third-order valence-electron chi connectivity index (χ3n) is 7.27. The minimum Gasteiger partial charge on any atom is -0.489 e. The Kier molecular flexibility index (Phi) is 8.67. The van der Waals surface area contributed by atoms with E-state index in [9.17, 15) is 10.2 Å². The van der Waals surface area contributed by atoms with Crippen molar-refractivity contribution in [3.8, 4) is 34.4 Å². The van der Waals surface area contributed by atoms with Crippen molar-refractivity contribution in [1.82, 2.24) is 0 Å². The van der Waals surface area contributed by atoms with E-state index in [0.29, 0.717) is 47.0 Å². The Hall–Kier alpha value is -4.05.